The van der Waals surface area contributed by atoms with Crippen LogP contribution in [0.3, 0.4) is 0 Å². The Morgan fingerprint density at radius 2 is 2.08 bits per heavy atom. The van der Waals surface area contributed by atoms with Gasteiger partial charge in [-0.05, 0) is 25.3 Å². The summed E-state index contributed by atoms with van der Waals surface area (Å²) >= 11 is 0. The Bertz CT molecular complexity index is 160. The number of alkyl halides is 3. The van der Waals surface area contributed by atoms with Gasteiger partial charge in [-0.15, -0.1) is 0 Å². The highest BCUT2D eigenvalue weighted by Gasteiger charge is 2.32. The molecule has 1 heterocycles. The number of rotatable bonds is 2. The van der Waals surface area contributed by atoms with Crippen LogP contribution < -0.4 is 0 Å². The third kappa shape index (κ3) is 3.95. The number of halogens is 3. The highest BCUT2D eigenvalue weighted by Crippen LogP contribution is 2.21. The summed E-state index contributed by atoms with van der Waals surface area (Å²) in [6.45, 7) is 0.0177. The molecule has 1 unspecified atom stereocenters. The largest absolute Gasteiger partial charge is 0.401 e. The van der Waals surface area contributed by atoms with E-state index in [1.54, 1.807) is 0 Å². The fourth-order valence-corrected chi connectivity index (χ4v) is 1.70. The maximum Gasteiger partial charge on any atom is 0.401 e. The molecule has 78 valence electrons. The second-order valence-corrected chi connectivity index (χ2v) is 3.54. The van der Waals surface area contributed by atoms with Crippen LogP contribution in [0.2, 0.25) is 0 Å². The lowest BCUT2D eigenvalue weighted by Gasteiger charge is -2.32. The third-order valence-corrected chi connectivity index (χ3v) is 2.26. The van der Waals surface area contributed by atoms with Gasteiger partial charge >= 0.3 is 6.18 Å². The highest BCUT2D eigenvalue weighted by atomic mass is 19.4. The van der Waals surface area contributed by atoms with Crippen LogP contribution >= 0.6 is 0 Å². The molecule has 1 atom stereocenters. The molecule has 0 aliphatic carbocycles. The minimum absolute atomic E-state index is 0.00560. The molecule has 0 bridgehead atoms. The van der Waals surface area contributed by atoms with Gasteiger partial charge in [0.25, 0.3) is 0 Å². The van der Waals surface area contributed by atoms with Crippen LogP contribution in [-0.4, -0.2) is 42.4 Å². The van der Waals surface area contributed by atoms with E-state index in [2.05, 4.69) is 0 Å². The molecule has 0 aromatic carbocycles. The summed E-state index contributed by atoms with van der Waals surface area (Å²) in [5.41, 5.74) is 0. The van der Waals surface area contributed by atoms with E-state index < -0.39 is 12.7 Å². The summed E-state index contributed by atoms with van der Waals surface area (Å²) in [6, 6.07) is 0. The van der Waals surface area contributed by atoms with E-state index >= 15 is 0 Å². The van der Waals surface area contributed by atoms with Crippen LogP contribution in [0.25, 0.3) is 0 Å². The summed E-state index contributed by atoms with van der Waals surface area (Å²) < 4.78 is 35.9. The minimum atomic E-state index is -4.11. The van der Waals surface area contributed by atoms with Crippen molar-refractivity contribution in [3.63, 3.8) is 0 Å². The smallest absolute Gasteiger partial charge is 0.396 e. The molecule has 1 aliphatic heterocycles. The molecular weight excluding hydrogens is 183 g/mol. The van der Waals surface area contributed by atoms with Crippen molar-refractivity contribution in [2.24, 2.45) is 5.92 Å². The van der Waals surface area contributed by atoms with Gasteiger partial charge in [0, 0.05) is 13.2 Å². The maximum atomic E-state index is 12.0. The van der Waals surface area contributed by atoms with Gasteiger partial charge in [0.15, 0.2) is 0 Å². The van der Waals surface area contributed by atoms with E-state index in [1.165, 1.54) is 4.90 Å². The van der Waals surface area contributed by atoms with E-state index in [0.29, 0.717) is 13.1 Å². The highest BCUT2D eigenvalue weighted by molar-refractivity contribution is 4.74. The standard InChI is InChI=1S/C8H14F3NO/c9-8(10,11)6-12-3-1-2-7(4-12)5-13/h7,13H,1-6H2. The normalized spacial score (nSPS) is 26.3. The monoisotopic (exact) mass is 197 g/mol. The van der Waals surface area contributed by atoms with Crippen molar-refractivity contribution in [2.75, 3.05) is 26.2 Å². The van der Waals surface area contributed by atoms with Gasteiger partial charge in [0.1, 0.15) is 0 Å². The van der Waals surface area contributed by atoms with Gasteiger partial charge in [-0.3, -0.25) is 4.90 Å². The molecule has 0 aromatic heterocycles. The summed E-state index contributed by atoms with van der Waals surface area (Å²) in [5, 5.41) is 8.80. The molecule has 13 heavy (non-hydrogen) atoms. The maximum absolute atomic E-state index is 12.0. The molecule has 2 nitrogen and oxygen atoms in total. The zero-order valence-electron chi connectivity index (χ0n) is 7.35. The van der Waals surface area contributed by atoms with Crippen LogP contribution in [0, 0.1) is 5.92 Å². The Balaban J connectivity index is 2.34. The van der Waals surface area contributed by atoms with Gasteiger partial charge in [-0.25, -0.2) is 0 Å². The van der Waals surface area contributed by atoms with Gasteiger partial charge in [0.05, 0.1) is 6.54 Å². The lowest BCUT2D eigenvalue weighted by Crippen LogP contribution is -2.42. The van der Waals surface area contributed by atoms with Crippen molar-refractivity contribution in [3.05, 3.63) is 0 Å². The average Bonchev–Trinajstić information content (AvgIpc) is 2.01. The first-order valence-electron chi connectivity index (χ1n) is 4.41. The molecule has 0 spiro atoms. The Morgan fingerprint density at radius 3 is 2.62 bits per heavy atom. The Hall–Kier alpha value is -0.290. The number of nitrogens with zero attached hydrogens (tertiary/aromatic N) is 1. The zero-order chi connectivity index (χ0) is 9.90. The van der Waals surface area contributed by atoms with Crippen molar-refractivity contribution >= 4 is 0 Å². The number of hydrogen-bond donors (Lipinski definition) is 1. The number of piperidine rings is 1. The Kier molecular flexibility index (Phi) is 3.55. The summed E-state index contributed by atoms with van der Waals surface area (Å²) in [7, 11) is 0. The second-order valence-electron chi connectivity index (χ2n) is 3.54. The SMILES string of the molecule is OCC1CCCN(CC(F)(F)F)C1. The van der Waals surface area contributed by atoms with E-state index in [0.717, 1.165) is 12.8 Å². The predicted molar refractivity (Wildman–Crippen MR) is 42.3 cm³/mol. The number of likely N-dealkylation sites (tertiary alicyclic amines) is 1. The lowest BCUT2D eigenvalue weighted by atomic mass is 9.99. The van der Waals surface area contributed by atoms with Crippen LogP contribution in [0.5, 0.6) is 0 Å². The van der Waals surface area contributed by atoms with E-state index in [4.69, 9.17) is 5.11 Å². The first-order valence-corrected chi connectivity index (χ1v) is 4.41. The predicted octanol–water partition coefficient (Wildman–Crippen LogP) is 1.25. The Labute approximate surface area is 75.3 Å². The molecule has 1 fully saturated rings. The molecular formula is C8H14F3NO. The third-order valence-electron chi connectivity index (χ3n) is 2.26. The Morgan fingerprint density at radius 1 is 1.38 bits per heavy atom. The summed E-state index contributed by atoms with van der Waals surface area (Å²) in [4.78, 5) is 1.37. The van der Waals surface area contributed by atoms with Crippen molar-refractivity contribution in [1.29, 1.82) is 0 Å². The molecule has 0 aromatic rings. The second kappa shape index (κ2) is 4.28. The molecule has 1 aliphatic rings. The van der Waals surface area contributed by atoms with Gasteiger partial charge in [0.2, 0.25) is 0 Å². The van der Waals surface area contributed by atoms with Crippen LogP contribution in [0.4, 0.5) is 13.2 Å². The van der Waals surface area contributed by atoms with Crippen LogP contribution in [0.15, 0.2) is 0 Å². The van der Waals surface area contributed by atoms with Crippen LogP contribution in [0.1, 0.15) is 12.8 Å². The molecule has 1 rings (SSSR count). The zero-order valence-corrected chi connectivity index (χ0v) is 7.35. The molecule has 1 saturated heterocycles. The molecule has 1 N–H and O–H groups in total. The van der Waals surface area contributed by atoms with Crippen molar-refractivity contribution in [1.82, 2.24) is 4.90 Å². The lowest BCUT2D eigenvalue weighted by molar-refractivity contribution is -0.150. The first kappa shape index (κ1) is 10.8. The van der Waals surface area contributed by atoms with Crippen LogP contribution in [-0.2, 0) is 0 Å². The number of hydrogen-bond acceptors (Lipinski definition) is 2. The minimum Gasteiger partial charge on any atom is -0.396 e. The molecule has 0 amide bonds. The van der Waals surface area contributed by atoms with Crippen molar-refractivity contribution < 1.29 is 18.3 Å². The summed E-state index contributed by atoms with van der Waals surface area (Å²) in [5.74, 6) is 0.0242. The van der Waals surface area contributed by atoms with Gasteiger partial charge in [-0.2, -0.15) is 13.2 Å². The van der Waals surface area contributed by atoms with E-state index in [9.17, 15) is 13.2 Å². The average molecular weight is 197 g/mol. The molecule has 0 saturated carbocycles. The fraction of sp³-hybridized carbons (Fsp3) is 1.00. The number of aliphatic hydroxyl groups excluding tert-OH is 1. The van der Waals surface area contributed by atoms with Crippen molar-refractivity contribution in [2.45, 2.75) is 19.0 Å². The van der Waals surface area contributed by atoms with E-state index in [1.807, 2.05) is 0 Å². The molecule has 5 heteroatoms. The number of aliphatic hydroxyl groups is 1. The summed E-state index contributed by atoms with van der Waals surface area (Å²) in [6.07, 6.45) is -2.52. The van der Waals surface area contributed by atoms with Gasteiger partial charge in [-0.1, -0.05) is 0 Å². The molecule has 0 radical (unpaired) electrons. The topological polar surface area (TPSA) is 23.5 Å². The van der Waals surface area contributed by atoms with E-state index in [-0.39, 0.29) is 12.5 Å². The quantitative estimate of drug-likeness (QED) is 0.720. The first-order chi connectivity index (χ1) is 6.01. The van der Waals surface area contributed by atoms with Gasteiger partial charge < -0.3 is 5.11 Å². The fourth-order valence-electron chi connectivity index (χ4n) is 1.70. The van der Waals surface area contributed by atoms with Crippen molar-refractivity contribution in [3.8, 4) is 0 Å².